The number of carbonyl (C=O) groups excluding carboxylic acids is 2. The van der Waals surface area contributed by atoms with E-state index in [-0.39, 0.29) is 24.0 Å². The first-order chi connectivity index (χ1) is 14.6. The van der Waals surface area contributed by atoms with Gasteiger partial charge in [-0.2, -0.15) is 0 Å². The molecule has 156 valence electrons. The molecule has 0 saturated carbocycles. The molecule has 0 unspecified atom stereocenters. The molecule has 7 heteroatoms. The number of rotatable bonds is 10. The van der Waals surface area contributed by atoms with E-state index in [1.165, 1.54) is 28.7 Å². The molecule has 0 aliphatic heterocycles. The van der Waals surface area contributed by atoms with Gasteiger partial charge in [-0.25, -0.2) is 4.98 Å². The highest BCUT2D eigenvalue weighted by atomic mass is 32.2. The van der Waals surface area contributed by atoms with Crippen LogP contribution in [0.5, 0.6) is 0 Å². The smallest absolute Gasteiger partial charge is 0.234 e. The van der Waals surface area contributed by atoms with Gasteiger partial charge >= 0.3 is 0 Å². The lowest BCUT2D eigenvalue weighted by molar-refractivity contribution is -0.120. The second kappa shape index (κ2) is 11.5. The summed E-state index contributed by atoms with van der Waals surface area (Å²) in [6, 6.07) is 17.9. The van der Waals surface area contributed by atoms with Gasteiger partial charge in [0.25, 0.3) is 0 Å². The van der Waals surface area contributed by atoms with Crippen LogP contribution in [0.3, 0.4) is 0 Å². The zero-order chi connectivity index (χ0) is 21.2. The maximum atomic E-state index is 12.1. The summed E-state index contributed by atoms with van der Waals surface area (Å²) in [5, 5.41) is 7.70. The Kier molecular flexibility index (Phi) is 8.47. The van der Waals surface area contributed by atoms with Gasteiger partial charge in [-0.05, 0) is 37.5 Å². The average Bonchev–Trinajstić information content (AvgIpc) is 3.19. The minimum atomic E-state index is -0.0724. The van der Waals surface area contributed by atoms with Crippen LogP contribution in [-0.2, 0) is 22.4 Å². The molecular weight excluding hydrogens is 414 g/mol. The number of amides is 2. The van der Waals surface area contributed by atoms with E-state index in [1.807, 2.05) is 54.8 Å². The SMILES string of the molecule is Cc1ccc(NC(=O)CSc2nc(CC(=O)NCCCc3ccccc3)cs2)cc1. The quantitative estimate of drug-likeness (QED) is 0.361. The lowest BCUT2D eigenvalue weighted by Crippen LogP contribution is -2.26. The topological polar surface area (TPSA) is 71.1 Å². The van der Waals surface area contributed by atoms with E-state index < -0.39 is 0 Å². The van der Waals surface area contributed by atoms with Gasteiger partial charge in [0.05, 0.1) is 17.9 Å². The van der Waals surface area contributed by atoms with Crippen LogP contribution in [0.1, 0.15) is 23.2 Å². The monoisotopic (exact) mass is 439 g/mol. The largest absolute Gasteiger partial charge is 0.356 e. The number of anilines is 1. The highest BCUT2D eigenvalue weighted by molar-refractivity contribution is 8.01. The Morgan fingerprint density at radius 3 is 2.57 bits per heavy atom. The van der Waals surface area contributed by atoms with E-state index in [1.54, 1.807) is 0 Å². The van der Waals surface area contributed by atoms with Gasteiger partial charge in [0.2, 0.25) is 11.8 Å². The fourth-order valence-corrected chi connectivity index (χ4v) is 4.43. The highest BCUT2D eigenvalue weighted by Gasteiger charge is 2.10. The van der Waals surface area contributed by atoms with Crippen LogP contribution in [0, 0.1) is 6.92 Å². The number of thioether (sulfide) groups is 1. The Hall–Kier alpha value is -2.64. The first kappa shape index (κ1) is 22.1. The molecule has 0 bridgehead atoms. The summed E-state index contributed by atoms with van der Waals surface area (Å²) in [6.45, 7) is 2.66. The Bertz CT molecular complexity index is 956. The summed E-state index contributed by atoms with van der Waals surface area (Å²) in [7, 11) is 0. The normalized spacial score (nSPS) is 10.6. The Morgan fingerprint density at radius 2 is 1.80 bits per heavy atom. The molecule has 0 radical (unpaired) electrons. The number of nitrogens with zero attached hydrogens (tertiary/aromatic N) is 1. The van der Waals surface area contributed by atoms with Crippen LogP contribution in [0.25, 0.3) is 0 Å². The van der Waals surface area contributed by atoms with E-state index in [0.29, 0.717) is 6.54 Å². The van der Waals surface area contributed by atoms with E-state index in [9.17, 15) is 9.59 Å². The molecule has 3 aromatic rings. The van der Waals surface area contributed by atoms with Crippen LogP contribution in [-0.4, -0.2) is 29.1 Å². The average molecular weight is 440 g/mol. The third-order valence-electron chi connectivity index (χ3n) is 4.34. The second-order valence-corrected chi connectivity index (χ2v) is 9.00. The van der Waals surface area contributed by atoms with Crippen LogP contribution in [0.2, 0.25) is 0 Å². The van der Waals surface area contributed by atoms with Gasteiger partial charge in [0, 0.05) is 17.6 Å². The van der Waals surface area contributed by atoms with Crippen LogP contribution in [0.15, 0.2) is 64.3 Å². The molecular formula is C23H25N3O2S2. The predicted octanol–water partition coefficient (Wildman–Crippen LogP) is 4.47. The van der Waals surface area contributed by atoms with E-state index in [4.69, 9.17) is 0 Å². The molecule has 30 heavy (non-hydrogen) atoms. The van der Waals surface area contributed by atoms with Crippen molar-refractivity contribution in [3.63, 3.8) is 0 Å². The first-order valence-corrected chi connectivity index (χ1v) is 11.7. The van der Waals surface area contributed by atoms with Crippen molar-refractivity contribution >= 4 is 40.6 Å². The van der Waals surface area contributed by atoms with E-state index in [2.05, 4.69) is 27.8 Å². The predicted molar refractivity (Wildman–Crippen MR) is 124 cm³/mol. The second-order valence-electron chi connectivity index (χ2n) is 6.92. The van der Waals surface area contributed by atoms with Gasteiger partial charge in [-0.15, -0.1) is 11.3 Å². The highest BCUT2D eigenvalue weighted by Crippen LogP contribution is 2.23. The molecule has 0 saturated heterocycles. The minimum absolute atomic E-state index is 0.0259. The molecule has 0 fully saturated rings. The zero-order valence-corrected chi connectivity index (χ0v) is 18.5. The van der Waals surface area contributed by atoms with E-state index in [0.717, 1.165) is 34.1 Å². The van der Waals surface area contributed by atoms with Crippen molar-refractivity contribution in [1.29, 1.82) is 0 Å². The molecule has 2 amide bonds. The molecule has 1 heterocycles. The number of aromatic nitrogens is 1. The fraction of sp³-hybridized carbons (Fsp3) is 0.261. The van der Waals surface area contributed by atoms with Gasteiger partial charge < -0.3 is 10.6 Å². The maximum absolute atomic E-state index is 12.1. The molecule has 1 aromatic heterocycles. The molecule has 0 aliphatic rings. The van der Waals surface area contributed by atoms with Gasteiger partial charge in [-0.1, -0.05) is 59.8 Å². The summed E-state index contributed by atoms with van der Waals surface area (Å²) >= 11 is 2.84. The van der Waals surface area contributed by atoms with Crippen molar-refractivity contribution in [2.75, 3.05) is 17.6 Å². The molecule has 3 rings (SSSR count). The fourth-order valence-electron chi connectivity index (χ4n) is 2.79. The summed E-state index contributed by atoms with van der Waals surface area (Å²) in [6.07, 6.45) is 2.12. The number of hydrogen-bond donors (Lipinski definition) is 2. The Morgan fingerprint density at radius 1 is 1.03 bits per heavy atom. The molecule has 0 aliphatic carbocycles. The molecule has 0 spiro atoms. The lowest BCUT2D eigenvalue weighted by Gasteiger charge is -2.05. The van der Waals surface area contributed by atoms with Crippen molar-refractivity contribution in [2.45, 2.75) is 30.5 Å². The number of aryl methyl sites for hydroxylation is 2. The van der Waals surface area contributed by atoms with Gasteiger partial charge in [0.15, 0.2) is 4.34 Å². The third-order valence-corrected chi connectivity index (χ3v) is 6.41. The summed E-state index contributed by atoms with van der Waals surface area (Å²) < 4.78 is 0.793. The standard InChI is InChI=1S/C23H25N3O2S2/c1-17-9-11-19(12-10-17)25-22(28)16-30-23-26-20(15-29-23)14-21(27)24-13-5-8-18-6-3-2-4-7-18/h2-4,6-7,9-12,15H,5,8,13-14,16H2,1H3,(H,24,27)(H,25,28). The molecule has 2 N–H and O–H groups in total. The maximum Gasteiger partial charge on any atom is 0.234 e. The van der Waals surface area contributed by atoms with Gasteiger partial charge in [-0.3, -0.25) is 9.59 Å². The van der Waals surface area contributed by atoms with Crippen LogP contribution >= 0.6 is 23.1 Å². The van der Waals surface area contributed by atoms with Crippen molar-refractivity contribution in [3.05, 3.63) is 76.8 Å². The van der Waals surface area contributed by atoms with Crippen molar-refractivity contribution in [1.82, 2.24) is 10.3 Å². The number of hydrogen-bond acceptors (Lipinski definition) is 5. The van der Waals surface area contributed by atoms with Crippen molar-refractivity contribution < 1.29 is 9.59 Å². The first-order valence-electron chi connectivity index (χ1n) is 9.83. The third kappa shape index (κ3) is 7.65. The zero-order valence-electron chi connectivity index (χ0n) is 16.9. The minimum Gasteiger partial charge on any atom is -0.356 e. The summed E-state index contributed by atoms with van der Waals surface area (Å²) in [5.41, 5.74) is 3.95. The van der Waals surface area contributed by atoms with Crippen molar-refractivity contribution in [2.24, 2.45) is 0 Å². The van der Waals surface area contributed by atoms with Crippen LogP contribution < -0.4 is 10.6 Å². The lowest BCUT2D eigenvalue weighted by atomic mass is 10.1. The van der Waals surface area contributed by atoms with Gasteiger partial charge in [0.1, 0.15) is 0 Å². The number of carbonyl (C=O) groups is 2. The number of thiazole rings is 1. The van der Waals surface area contributed by atoms with Crippen LogP contribution in [0.4, 0.5) is 5.69 Å². The Labute approximate surface area is 185 Å². The van der Waals surface area contributed by atoms with E-state index >= 15 is 0 Å². The molecule has 0 atom stereocenters. The number of nitrogens with one attached hydrogen (secondary N) is 2. The Balaban J connectivity index is 1.34. The molecule has 2 aromatic carbocycles. The van der Waals surface area contributed by atoms with Crippen molar-refractivity contribution in [3.8, 4) is 0 Å². The number of benzene rings is 2. The molecule has 5 nitrogen and oxygen atoms in total. The summed E-state index contributed by atoms with van der Waals surface area (Å²) in [4.78, 5) is 28.7. The summed E-state index contributed by atoms with van der Waals surface area (Å²) in [5.74, 6) is 0.186.